The van der Waals surface area contributed by atoms with E-state index < -0.39 is 0 Å². The maximum Gasteiger partial charge on any atom is 0.133 e. The Balaban J connectivity index is 2.93. The molecule has 1 aromatic heterocycles. The highest BCUT2D eigenvalue weighted by Crippen LogP contribution is 2.03. The number of rotatable bonds is 3. The van der Waals surface area contributed by atoms with Crippen LogP contribution in [0.5, 0.6) is 0 Å². The first-order chi connectivity index (χ1) is 7.77. The van der Waals surface area contributed by atoms with Gasteiger partial charge >= 0.3 is 0 Å². The highest BCUT2D eigenvalue weighted by atomic mass is 35.5. The molecule has 0 bridgehead atoms. The van der Waals surface area contributed by atoms with Crippen LogP contribution in [0.2, 0.25) is 0 Å². The van der Waals surface area contributed by atoms with E-state index in [0.717, 1.165) is 5.56 Å². The molecule has 3 nitrogen and oxygen atoms in total. The quantitative estimate of drug-likeness (QED) is 0.381. The van der Waals surface area contributed by atoms with Gasteiger partial charge in [-0.2, -0.15) is 11.3 Å². The predicted octanol–water partition coefficient (Wildman–Crippen LogP) is 2.24. The maximum absolute atomic E-state index is 5.69. The van der Waals surface area contributed by atoms with Crippen LogP contribution in [-0.2, 0) is 0 Å². The van der Waals surface area contributed by atoms with E-state index in [1.54, 1.807) is 11.3 Å². The zero-order valence-electron chi connectivity index (χ0n) is 8.48. The fraction of sp³-hybridized carbons (Fsp3) is 0.0909. The molecule has 0 aliphatic heterocycles. The third-order valence-corrected chi connectivity index (χ3v) is 2.37. The molecule has 0 spiro atoms. The molecule has 0 fully saturated rings. The first-order valence-corrected chi connectivity index (χ1v) is 5.82. The molecule has 1 rings (SSSR count). The van der Waals surface area contributed by atoms with Crippen LogP contribution >= 0.6 is 22.9 Å². The van der Waals surface area contributed by atoms with Crippen molar-refractivity contribution in [3.63, 3.8) is 0 Å². The summed E-state index contributed by atoms with van der Waals surface area (Å²) >= 11 is 7.10. The molecule has 0 atom stereocenters. The van der Waals surface area contributed by atoms with E-state index in [9.17, 15) is 0 Å². The number of hydrogen-bond acceptors (Lipinski definition) is 4. The van der Waals surface area contributed by atoms with Crippen LogP contribution in [-0.4, -0.2) is 18.4 Å². The zero-order chi connectivity index (χ0) is 11.8. The molecule has 0 aliphatic carbocycles. The van der Waals surface area contributed by atoms with Gasteiger partial charge in [-0.1, -0.05) is 5.92 Å². The molecule has 2 N–H and O–H groups in total. The fourth-order valence-corrected chi connectivity index (χ4v) is 1.60. The largest absolute Gasteiger partial charge is 0.395 e. The van der Waals surface area contributed by atoms with Gasteiger partial charge in [0.15, 0.2) is 0 Å². The van der Waals surface area contributed by atoms with Gasteiger partial charge in [0.05, 0.1) is 11.9 Å². The summed E-state index contributed by atoms with van der Waals surface area (Å²) in [4.78, 5) is 7.53. The lowest BCUT2D eigenvalue weighted by Crippen LogP contribution is -2.09. The van der Waals surface area contributed by atoms with Gasteiger partial charge in [-0.15, -0.1) is 11.6 Å². The van der Waals surface area contributed by atoms with Crippen molar-refractivity contribution >= 4 is 35.4 Å². The van der Waals surface area contributed by atoms with Crippen LogP contribution in [0.3, 0.4) is 0 Å². The molecule has 0 saturated carbocycles. The summed E-state index contributed by atoms with van der Waals surface area (Å²) in [5.41, 5.74) is 7.40. The van der Waals surface area contributed by atoms with Crippen LogP contribution in [0.4, 0.5) is 0 Å². The van der Waals surface area contributed by atoms with Gasteiger partial charge in [0.2, 0.25) is 0 Å². The van der Waals surface area contributed by atoms with Crippen LogP contribution in [0, 0.1) is 11.8 Å². The van der Waals surface area contributed by atoms with Crippen LogP contribution in [0.15, 0.2) is 38.7 Å². The van der Waals surface area contributed by atoms with Gasteiger partial charge in [0.25, 0.3) is 0 Å². The molecular formula is C11H10ClN3S. The number of nitrogens with zero attached hydrogens (tertiary/aromatic N) is 2. The first-order valence-electron chi connectivity index (χ1n) is 4.34. The molecule has 0 saturated heterocycles. The fourth-order valence-electron chi connectivity index (χ4n) is 0.889. The Morgan fingerprint density at radius 1 is 1.69 bits per heavy atom. The summed E-state index contributed by atoms with van der Waals surface area (Å²) in [7, 11) is 0. The molecule has 16 heavy (non-hydrogen) atoms. The van der Waals surface area contributed by atoms with Gasteiger partial charge in [-0.05, 0) is 24.1 Å². The number of alkyl halides is 1. The third kappa shape index (κ3) is 3.89. The van der Waals surface area contributed by atoms with Crippen molar-refractivity contribution in [1.29, 1.82) is 0 Å². The Bertz CT molecular complexity index is 463. The predicted molar refractivity (Wildman–Crippen MR) is 71.2 cm³/mol. The molecule has 0 radical (unpaired) electrons. The van der Waals surface area contributed by atoms with Gasteiger partial charge < -0.3 is 5.73 Å². The molecular weight excluding hydrogens is 242 g/mol. The second-order valence-corrected chi connectivity index (χ2v) is 3.67. The van der Waals surface area contributed by atoms with E-state index in [4.69, 9.17) is 17.3 Å². The summed E-state index contributed by atoms with van der Waals surface area (Å²) in [5.74, 6) is 5.79. The van der Waals surface area contributed by atoms with Crippen molar-refractivity contribution in [2.45, 2.75) is 0 Å². The van der Waals surface area contributed by atoms with Crippen molar-refractivity contribution in [2.24, 2.45) is 15.7 Å². The smallest absolute Gasteiger partial charge is 0.133 e. The lowest BCUT2D eigenvalue weighted by molar-refractivity contribution is 1.32. The van der Waals surface area contributed by atoms with Gasteiger partial charge in [0.1, 0.15) is 11.7 Å². The number of aliphatic imine (C=N–C) groups is 2. The number of thiophene rings is 1. The van der Waals surface area contributed by atoms with Crippen LogP contribution in [0.25, 0.3) is 0 Å². The van der Waals surface area contributed by atoms with Crippen LogP contribution < -0.4 is 5.73 Å². The average molecular weight is 252 g/mol. The number of allylic oxidation sites excluding steroid dienone is 1. The molecule has 1 heterocycles. The molecule has 82 valence electrons. The van der Waals surface area contributed by atoms with Gasteiger partial charge in [-0.25, -0.2) is 0 Å². The normalized spacial score (nSPS) is 11.8. The molecule has 0 aromatic carbocycles. The summed E-state index contributed by atoms with van der Waals surface area (Å²) in [6.07, 6.45) is 1.40. The van der Waals surface area contributed by atoms with Crippen LogP contribution in [0.1, 0.15) is 5.56 Å². The Kier molecular flexibility index (Phi) is 5.34. The van der Waals surface area contributed by atoms with E-state index in [2.05, 4.69) is 28.5 Å². The minimum atomic E-state index is 0.110. The summed E-state index contributed by atoms with van der Waals surface area (Å²) in [6, 6.07) is 2.03. The second-order valence-electron chi connectivity index (χ2n) is 2.66. The average Bonchev–Trinajstić information content (AvgIpc) is 2.77. The van der Waals surface area contributed by atoms with E-state index >= 15 is 0 Å². The maximum atomic E-state index is 5.69. The summed E-state index contributed by atoms with van der Waals surface area (Å²) in [6.45, 7) is 3.31. The Labute approximate surface area is 103 Å². The third-order valence-electron chi connectivity index (χ3n) is 1.57. The number of nitrogens with two attached hydrogens (primary N) is 1. The van der Waals surface area contributed by atoms with Gasteiger partial charge in [-0.3, -0.25) is 9.98 Å². The SMILES string of the molecule is C=N/C=C(/N)C(C#Cc1ccsc1)=NCCl. The molecule has 0 amide bonds. The van der Waals surface area contributed by atoms with E-state index in [1.165, 1.54) is 6.20 Å². The lowest BCUT2D eigenvalue weighted by atomic mass is 10.2. The molecule has 0 aliphatic rings. The molecule has 1 aromatic rings. The Morgan fingerprint density at radius 2 is 2.50 bits per heavy atom. The first kappa shape index (κ1) is 12.5. The van der Waals surface area contributed by atoms with E-state index in [0.29, 0.717) is 11.4 Å². The highest BCUT2D eigenvalue weighted by Gasteiger charge is 1.97. The number of hydrogen-bond donors (Lipinski definition) is 1. The van der Waals surface area contributed by atoms with E-state index in [1.807, 2.05) is 16.8 Å². The van der Waals surface area contributed by atoms with Crippen molar-refractivity contribution in [1.82, 2.24) is 0 Å². The second kappa shape index (κ2) is 6.83. The Morgan fingerprint density at radius 3 is 3.06 bits per heavy atom. The monoisotopic (exact) mass is 251 g/mol. The Hall–Kier alpha value is -1.57. The minimum Gasteiger partial charge on any atom is -0.395 e. The number of halogens is 1. The molecule has 0 unspecified atom stereocenters. The van der Waals surface area contributed by atoms with Crippen molar-refractivity contribution in [3.05, 3.63) is 34.3 Å². The van der Waals surface area contributed by atoms with Crippen molar-refractivity contribution in [3.8, 4) is 11.8 Å². The highest BCUT2D eigenvalue weighted by molar-refractivity contribution is 7.08. The summed E-state index contributed by atoms with van der Waals surface area (Å²) in [5, 5.41) is 3.89. The minimum absolute atomic E-state index is 0.110. The lowest BCUT2D eigenvalue weighted by Gasteiger charge is -1.95. The molecule has 5 heteroatoms. The van der Waals surface area contributed by atoms with Crippen molar-refractivity contribution in [2.75, 3.05) is 6.00 Å². The zero-order valence-corrected chi connectivity index (χ0v) is 10.1. The van der Waals surface area contributed by atoms with E-state index in [-0.39, 0.29) is 6.00 Å². The van der Waals surface area contributed by atoms with Crippen molar-refractivity contribution < 1.29 is 0 Å². The van der Waals surface area contributed by atoms with Gasteiger partial charge in [0, 0.05) is 10.9 Å². The standard InChI is InChI=1S/C11H10ClN3S/c1-14-6-10(13)11(15-8-12)3-2-9-4-5-16-7-9/h4-7H,1,8,13H2/b10-6+,15-11?. The topological polar surface area (TPSA) is 50.7 Å². The summed E-state index contributed by atoms with van der Waals surface area (Å²) < 4.78 is 0.